The number of sulfonamides is 1. The summed E-state index contributed by atoms with van der Waals surface area (Å²) in [7, 11) is -3.12. The van der Waals surface area contributed by atoms with Gasteiger partial charge < -0.3 is 9.64 Å². The first-order chi connectivity index (χ1) is 17.0. The predicted octanol–water partition coefficient (Wildman–Crippen LogP) is 1.45. The SMILES string of the molecule is CS(=O)(=O)N1CCN(C[C@H]2Cc3nc(-c4cccc5[nH]ncc45)nc(N4CCOCC4)c3S2)CC1. The Labute approximate surface area is 209 Å². The van der Waals surface area contributed by atoms with Crippen molar-refractivity contribution >= 4 is 38.5 Å². The number of fused-ring (bicyclic) bond motifs is 2. The van der Waals surface area contributed by atoms with Gasteiger partial charge in [-0.2, -0.15) is 9.40 Å². The topological polar surface area (TPSA) is 108 Å². The fourth-order valence-corrected chi connectivity index (χ4v) is 7.31. The molecule has 5 heterocycles. The first-order valence-electron chi connectivity index (χ1n) is 12.0. The summed E-state index contributed by atoms with van der Waals surface area (Å²) < 4.78 is 30.9. The molecule has 0 amide bonds. The van der Waals surface area contributed by atoms with E-state index < -0.39 is 10.0 Å². The van der Waals surface area contributed by atoms with Gasteiger partial charge in [0.05, 0.1) is 41.8 Å². The van der Waals surface area contributed by atoms with Crippen LogP contribution in [-0.4, -0.2) is 108 Å². The predicted molar refractivity (Wildman–Crippen MR) is 136 cm³/mol. The van der Waals surface area contributed by atoms with E-state index in [1.807, 2.05) is 30.1 Å². The summed E-state index contributed by atoms with van der Waals surface area (Å²) in [6, 6.07) is 6.08. The molecule has 3 aliphatic heterocycles. The Morgan fingerprint density at radius 2 is 1.91 bits per heavy atom. The van der Waals surface area contributed by atoms with Gasteiger partial charge >= 0.3 is 0 Å². The molecular weight excluding hydrogens is 486 g/mol. The quantitative estimate of drug-likeness (QED) is 0.540. The third-order valence-corrected chi connectivity index (χ3v) is 9.53. The maximum Gasteiger partial charge on any atom is 0.211 e. The van der Waals surface area contributed by atoms with Gasteiger partial charge in [0.15, 0.2) is 5.82 Å². The zero-order valence-electron chi connectivity index (χ0n) is 19.7. The third-order valence-electron chi connectivity index (χ3n) is 6.92. The number of ether oxygens (including phenoxy) is 1. The van der Waals surface area contributed by atoms with E-state index >= 15 is 0 Å². The van der Waals surface area contributed by atoms with Crippen molar-refractivity contribution in [1.29, 1.82) is 0 Å². The number of rotatable bonds is 5. The lowest BCUT2D eigenvalue weighted by molar-refractivity contribution is 0.122. The van der Waals surface area contributed by atoms with Crippen LogP contribution in [0.4, 0.5) is 5.82 Å². The van der Waals surface area contributed by atoms with Crippen LogP contribution in [-0.2, 0) is 21.2 Å². The summed E-state index contributed by atoms with van der Waals surface area (Å²) in [4.78, 5) is 16.0. The minimum absolute atomic E-state index is 0.365. The van der Waals surface area contributed by atoms with Gasteiger partial charge in [-0.25, -0.2) is 18.4 Å². The standard InChI is InChI=1S/C23H29N7O3S2/c1-35(31,32)30-7-5-28(6-8-30)15-16-13-20-21(34-16)23(29-9-11-33-12-10-29)26-22(25-20)17-3-2-4-19-18(17)14-24-27-19/h2-4,14,16H,5-13,15H2,1H3,(H,24,27)/t16-/m1/s1. The number of benzene rings is 1. The second-order valence-electron chi connectivity index (χ2n) is 9.29. The van der Waals surface area contributed by atoms with E-state index in [1.165, 1.54) is 11.2 Å². The highest BCUT2D eigenvalue weighted by molar-refractivity contribution is 8.00. The molecule has 12 heteroatoms. The number of anilines is 1. The summed E-state index contributed by atoms with van der Waals surface area (Å²) in [6.45, 7) is 6.57. The zero-order chi connectivity index (χ0) is 24.0. The van der Waals surface area contributed by atoms with Crippen LogP contribution in [0.3, 0.4) is 0 Å². The van der Waals surface area contributed by atoms with E-state index in [0.717, 1.165) is 72.9 Å². The Bertz CT molecular complexity index is 1330. The summed E-state index contributed by atoms with van der Waals surface area (Å²) in [5.74, 6) is 1.74. The lowest BCUT2D eigenvalue weighted by atomic mass is 10.1. The molecule has 2 saturated heterocycles. The molecule has 1 atom stereocenters. The largest absolute Gasteiger partial charge is 0.378 e. The fourth-order valence-electron chi connectivity index (χ4n) is 5.07. The Balaban J connectivity index is 1.27. The minimum Gasteiger partial charge on any atom is -0.378 e. The number of piperazine rings is 1. The molecule has 0 radical (unpaired) electrons. The number of nitrogens with one attached hydrogen (secondary N) is 1. The maximum atomic E-state index is 11.9. The van der Waals surface area contributed by atoms with Gasteiger partial charge in [0.1, 0.15) is 5.82 Å². The first kappa shape index (κ1) is 23.2. The first-order valence-corrected chi connectivity index (χ1v) is 14.7. The number of hydrogen-bond acceptors (Lipinski definition) is 9. The van der Waals surface area contributed by atoms with Crippen LogP contribution in [0.15, 0.2) is 29.3 Å². The second kappa shape index (κ2) is 9.32. The maximum absolute atomic E-state index is 11.9. The van der Waals surface area contributed by atoms with Crippen LogP contribution in [0.2, 0.25) is 0 Å². The van der Waals surface area contributed by atoms with Crippen LogP contribution in [0.1, 0.15) is 5.69 Å². The van der Waals surface area contributed by atoms with Crippen molar-refractivity contribution in [3.63, 3.8) is 0 Å². The Morgan fingerprint density at radius 3 is 2.69 bits per heavy atom. The van der Waals surface area contributed by atoms with Crippen LogP contribution < -0.4 is 4.90 Å². The monoisotopic (exact) mass is 515 g/mol. The number of H-pyrrole nitrogens is 1. The normalized spacial score (nSPS) is 22.1. The van der Waals surface area contributed by atoms with Gasteiger partial charge in [-0.1, -0.05) is 12.1 Å². The highest BCUT2D eigenvalue weighted by atomic mass is 32.2. The van der Waals surface area contributed by atoms with Gasteiger partial charge in [-0.3, -0.25) is 10.00 Å². The molecule has 2 fully saturated rings. The molecule has 10 nitrogen and oxygen atoms in total. The molecule has 0 saturated carbocycles. The molecule has 6 rings (SSSR count). The number of hydrogen-bond donors (Lipinski definition) is 1. The molecule has 3 aliphatic rings. The number of morpholine rings is 1. The van der Waals surface area contributed by atoms with Crippen molar-refractivity contribution in [3.8, 4) is 11.4 Å². The second-order valence-corrected chi connectivity index (χ2v) is 12.6. The minimum atomic E-state index is -3.12. The smallest absolute Gasteiger partial charge is 0.211 e. The molecule has 0 spiro atoms. The Hall–Kier alpha value is -2.25. The van der Waals surface area contributed by atoms with E-state index in [4.69, 9.17) is 14.7 Å². The summed E-state index contributed by atoms with van der Waals surface area (Å²) in [5, 5.41) is 8.64. The average Bonchev–Trinajstić information content (AvgIpc) is 3.50. The Morgan fingerprint density at radius 1 is 1.11 bits per heavy atom. The Kier molecular flexibility index (Phi) is 6.17. The van der Waals surface area contributed by atoms with E-state index in [0.29, 0.717) is 31.6 Å². The van der Waals surface area contributed by atoms with Crippen LogP contribution in [0.25, 0.3) is 22.3 Å². The molecular formula is C23H29N7O3S2. The molecule has 1 aromatic carbocycles. The molecule has 0 aliphatic carbocycles. The van der Waals surface area contributed by atoms with Crippen molar-refractivity contribution in [2.75, 3.05) is 70.2 Å². The lowest BCUT2D eigenvalue weighted by Crippen LogP contribution is -2.49. The lowest BCUT2D eigenvalue weighted by Gasteiger charge is -2.34. The van der Waals surface area contributed by atoms with E-state index in [2.05, 4.69) is 26.1 Å². The summed E-state index contributed by atoms with van der Waals surface area (Å²) in [6.07, 6.45) is 4.00. The van der Waals surface area contributed by atoms with Crippen molar-refractivity contribution in [2.45, 2.75) is 16.6 Å². The van der Waals surface area contributed by atoms with Gasteiger partial charge in [0, 0.05) is 68.4 Å². The van der Waals surface area contributed by atoms with Gasteiger partial charge in [0.25, 0.3) is 0 Å². The van der Waals surface area contributed by atoms with Crippen molar-refractivity contribution < 1.29 is 13.2 Å². The van der Waals surface area contributed by atoms with Crippen molar-refractivity contribution in [2.24, 2.45) is 0 Å². The van der Waals surface area contributed by atoms with Gasteiger partial charge in [-0.05, 0) is 6.07 Å². The summed E-state index contributed by atoms with van der Waals surface area (Å²) in [5.41, 5.74) is 3.06. The molecule has 186 valence electrons. The van der Waals surface area contributed by atoms with Gasteiger partial charge in [0.2, 0.25) is 10.0 Å². The average molecular weight is 516 g/mol. The number of aromatic amines is 1. The molecule has 0 bridgehead atoms. The van der Waals surface area contributed by atoms with Crippen molar-refractivity contribution in [3.05, 3.63) is 30.1 Å². The molecule has 3 aromatic rings. The van der Waals surface area contributed by atoms with E-state index in [1.54, 1.807) is 4.31 Å². The number of thioether (sulfide) groups is 1. The molecule has 35 heavy (non-hydrogen) atoms. The highest BCUT2D eigenvalue weighted by Crippen LogP contribution is 2.43. The zero-order valence-corrected chi connectivity index (χ0v) is 21.3. The fraction of sp³-hybridized carbons (Fsp3) is 0.522. The van der Waals surface area contributed by atoms with Crippen LogP contribution >= 0.6 is 11.8 Å². The molecule has 0 unspecified atom stereocenters. The van der Waals surface area contributed by atoms with E-state index in [-0.39, 0.29) is 0 Å². The van der Waals surface area contributed by atoms with Crippen molar-refractivity contribution in [1.82, 2.24) is 29.4 Å². The number of nitrogens with zero attached hydrogens (tertiary/aromatic N) is 6. The molecule has 1 N–H and O–H groups in total. The molecule has 2 aromatic heterocycles. The number of aromatic nitrogens is 4. The van der Waals surface area contributed by atoms with E-state index in [9.17, 15) is 8.42 Å². The van der Waals surface area contributed by atoms with Crippen LogP contribution in [0, 0.1) is 0 Å². The summed E-state index contributed by atoms with van der Waals surface area (Å²) >= 11 is 1.87. The van der Waals surface area contributed by atoms with Gasteiger partial charge in [-0.15, -0.1) is 11.8 Å². The van der Waals surface area contributed by atoms with Crippen LogP contribution in [0.5, 0.6) is 0 Å². The highest BCUT2D eigenvalue weighted by Gasteiger charge is 2.33. The third kappa shape index (κ3) is 4.65.